The fraction of sp³-hybridized carbons (Fsp3) is 0.211. The Morgan fingerprint density at radius 1 is 1.05 bits per heavy atom. The fourth-order valence-corrected chi connectivity index (χ4v) is 2.21. The quantitative estimate of drug-likeness (QED) is 0.705. The molecule has 0 aliphatic rings. The van der Waals surface area contributed by atoms with Crippen LogP contribution < -0.4 is 0 Å². The maximum atomic E-state index is 8.81. The van der Waals surface area contributed by atoms with E-state index in [0.717, 1.165) is 12.0 Å². The lowest BCUT2D eigenvalue weighted by molar-refractivity contribution is 0.922. The van der Waals surface area contributed by atoms with Crippen LogP contribution in [0.1, 0.15) is 42.5 Å². The first-order valence-corrected chi connectivity index (χ1v) is 7.00. The van der Waals surface area contributed by atoms with Gasteiger partial charge in [-0.1, -0.05) is 55.8 Å². The number of rotatable bonds is 4. The molecule has 0 N–H and O–H groups in total. The smallest absolute Gasteiger partial charge is 0.0991 e. The molecule has 0 radical (unpaired) electrons. The van der Waals surface area contributed by atoms with Gasteiger partial charge in [0.05, 0.1) is 11.6 Å². The monoisotopic (exact) mass is 261 g/mol. The molecule has 0 aliphatic heterocycles. The van der Waals surface area contributed by atoms with Gasteiger partial charge in [-0.3, -0.25) is 0 Å². The second-order valence-corrected chi connectivity index (χ2v) is 5.01. The fourth-order valence-electron chi connectivity index (χ4n) is 2.21. The molecule has 100 valence electrons. The number of hydrogen-bond donors (Lipinski definition) is 0. The van der Waals surface area contributed by atoms with Crippen molar-refractivity contribution in [3.8, 4) is 6.07 Å². The van der Waals surface area contributed by atoms with Crippen LogP contribution in [0.25, 0.3) is 11.6 Å². The van der Waals surface area contributed by atoms with Crippen molar-refractivity contribution in [3.05, 3.63) is 70.8 Å². The largest absolute Gasteiger partial charge is 0.192 e. The van der Waals surface area contributed by atoms with E-state index in [0.29, 0.717) is 5.56 Å². The minimum Gasteiger partial charge on any atom is -0.192 e. The van der Waals surface area contributed by atoms with E-state index < -0.39 is 0 Å². The second kappa shape index (κ2) is 6.73. The summed E-state index contributed by atoms with van der Waals surface area (Å²) in [7, 11) is 0. The van der Waals surface area contributed by atoms with Gasteiger partial charge in [-0.2, -0.15) is 5.26 Å². The van der Waals surface area contributed by atoms with E-state index in [1.807, 2.05) is 24.3 Å². The van der Waals surface area contributed by atoms with E-state index in [-0.39, 0.29) is 0 Å². The number of allylic oxidation sites excluding steroid dienone is 1. The van der Waals surface area contributed by atoms with Crippen LogP contribution in [0, 0.1) is 11.3 Å². The minimum atomic E-state index is 0.700. The highest BCUT2D eigenvalue weighted by atomic mass is 14.2. The van der Waals surface area contributed by atoms with Gasteiger partial charge in [-0.15, -0.1) is 0 Å². The Morgan fingerprint density at radius 2 is 1.70 bits per heavy atom. The summed E-state index contributed by atoms with van der Waals surface area (Å²) < 4.78 is 0. The molecule has 20 heavy (non-hydrogen) atoms. The highest BCUT2D eigenvalue weighted by molar-refractivity contribution is 5.80. The lowest BCUT2D eigenvalue weighted by Gasteiger charge is -2.03. The molecule has 0 aromatic heterocycles. The number of benzene rings is 2. The van der Waals surface area contributed by atoms with Gasteiger partial charge in [0, 0.05) is 0 Å². The standard InChI is InChI=1S/C19H19N/c1-3-4-16-5-7-17(8-6-16)13-15(2)19-11-9-18(14-20)10-12-19/h5-13H,3-4H2,1-2H3. The van der Waals surface area contributed by atoms with Crippen LogP contribution in [0.4, 0.5) is 0 Å². The van der Waals surface area contributed by atoms with Crippen molar-refractivity contribution in [2.75, 3.05) is 0 Å². The van der Waals surface area contributed by atoms with Gasteiger partial charge >= 0.3 is 0 Å². The highest BCUT2D eigenvalue weighted by Gasteiger charge is 1.98. The average Bonchev–Trinajstić information content (AvgIpc) is 2.49. The molecule has 1 nitrogen and oxygen atoms in total. The Morgan fingerprint density at radius 3 is 2.25 bits per heavy atom. The maximum absolute atomic E-state index is 8.81. The third-order valence-electron chi connectivity index (χ3n) is 3.37. The molecule has 0 amide bonds. The highest BCUT2D eigenvalue weighted by Crippen LogP contribution is 2.18. The third kappa shape index (κ3) is 3.59. The second-order valence-electron chi connectivity index (χ2n) is 5.01. The van der Waals surface area contributed by atoms with Crippen molar-refractivity contribution in [2.45, 2.75) is 26.7 Å². The summed E-state index contributed by atoms with van der Waals surface area (Å²) in [5, 5.41) is 8.81. The van der Waals surface area contributed by atoms with Crippen LogP contribution in [-0.2, 0) is 6.42 Å². The summed E-state index contributed by atoms with van der Waals surface area (Å²) in [4.78, 5) is 0. The van der Waals surface area contributed by atoms with Gasteiger partial charge in [-0.05, 0) is 47.7 Å². The molecule has 0 bridgehead atoms. The molecule has 2 aromatic rings. The Labute approximate surface area is 121 Å². The Bertz CT molecular complexity index is 625. The molecule has 0 spiro atoms. The minimum absolute atomic E-state index is 0.700. The summed E-state index contributed by atoms with van der Waals surface area (Å²) in [6.07, 6.45) is 4.50. The molecule has 0 aliphatic carbocycles. The zero-order valence-electron chi connectivity index (χ0n) is 12.1. The van der Waals surface area contributed by atoms with Crippen LogP contribution in [0.15, 0.2) is 48.5 Å². The van der Waals surface area contributed by atoms with E-state index in [1.165, 1.54) is 23.1 Å². The van der Waals surface area contributed by atoms with Crippen molar-refractivity contribution in [3.63, 3.8) is 0 Å². The summed E-state index contributed by atoms with van der Waals surface area (Å²) >= 11 is 0. The Balaban J connectivity index is 2.18. The molecule has 0 heterocycles. The van der Waals surface area contributed by atoms with Crippen molar-refractivity contribution in [1.82, 2.24) is 0 Å². The molecule has 1 heteroatoms. The first-order valence-electron chi connectivity index (χ1n) is 7.00. The predicted octanol–water partition coefficient (Wildman–Crippen LogP) is 5.07. The maximum Gasteiger partial charge on any atom is 0.0991 e. The Hall–Kier alpha value is -2.33. The van der Waals surface area contributed by atoms with E-state index >= 15 is 0 Å². The normalized spacial score (nSPS) is 11.2. The number of nitriles is 1. The topological polar surface area (TPSA) is 23.8 Å². The third-order valence-corrected chi connectivity index (χ3v) is 3.37. The predicted molar refractivity (Wildman–Crippen MR) is 85.1 cm³/mol. The van der Waals surface area contributed by atoms with Gasteiger partial charge in [0.15, 0.2) is 0 Å². The molecule has 2 aromatic carbocycles. The van der Waals surface area contributed by atoms with E-state index in [2.05, 4.69) is 50.3 Å². The summed E-state index contributed by atoms with van der Waals surface area (Å²) in [6.45, 7) is 4.30. The van der Waals surface area contributed by atoms with Crippen LogP contribution >= 0.6 is 0 Å². The van der Waals surface area contributed by atoms with Crippen LogP contribution in [0.5, 0.6) is 0 Å². The number of nitrogens with zero attached hydrogens (tertiary/aromatic N) is 1. The molecular formula is C19H19N. The van der Waals surface area contributed by atoms with Gasteiger partial charge in [0.25, 0.3) is 0 Å². The van der Waals surface area contributed by atoms with Gasteiger partial charge in [0.1, 0.15) is 0 Å². The van der Waals surface area contributed by atoms with Crippen molar-refractivity contribution < 1.29 is 0 Å². The molecule has 0 saturated heterocycles. The van der Waals surface area contributed by atoms with Crippen molar-refractivity contribution >= 4 is 11.6 Å². The van der Waals surface area contributed by atoms with E-state index in [9.17, 15) is 0 Å². The van der Waals surface area contributed by atoms with Crippen LogP contribution in [0.2, 0.25) is 0 Å². The lowest BCUT2D eigenvalue weighted by Crippen LogP contribution is -1.84. The van der Waals surface area contributed by atoms with Gasteiger partial charge < -0.3 is 0 Å². The Kier molecular flexibility index (Phi) is 4.74. The van der Waals surface area contributed by atoms with Crippen LogP contribution in [0.3, 0.4) is 0 Å². The molecular weight excluding hydrogens is 242 g/mol. The van der Waals surface area contributed by atoms with Gasteiger partial charge in [0.2, 0.25) is 0 Å². The van der Waals surface area contributed by atoms with E-state index in [1.54, 1.807) is 0 Å². The molecule has 0 saturated carbocycles. The summed E-state index contributed by atoms with van der Waals surface area (Å²) in [5.74, 6) is 0. The first-order chi connectivity index (χ1) is 9.72. The summed E-state index contributed by atoms with van der Waals surface area (Å²) in [6, 6.07) is 18.6. The van der Waals surface area contributed by atoms with E-state index in [4.69, 9.17) is 5.26 Å². The molecule has 2 rings (SSSR count). The van der Waals surface area contributed by atoms with Crippen molar-refractivity contribution in [2.24, 2.45) is 0 Å². The SMILES string of the molecule is CCCc1ccc(C=C(C)c2ccc(C#N)cc2)cc1. The van der Waals surface area contributed by atoms with Crippen molar-refractivity contribution in [1.29, 1.82) is 5.26 Å². The average molecular weight is 261 g/mol. The van der Waals surface area contributed by atoms with Crippen LogP contribution in [-0.4, -0.2) is 0 Å². The molecule has 0 fully saturated rings. The lowest BCUT2D eigenvalue weighted by atomic mass is 10.0. The number of aryl methyl sites for hydroxylation is 1. The molecule has 0 atom stereocenters. The zero-order chi connectivity index (χ0) is 14.4. The molecule has 0 unspecified atom stereocenters. The first kappa shape index (κ1) is 14.1. The number of hydrogen-bond acceptors (Lipinski definition) is 1. The summed E-state index contributed by atoms with van der Waals surface area (Å²) in [5.41, 5.74) is 5.66. The van der Waals surface area contributed by atoms with Gasteiger partial charge in [-0.25, -0.2) is 0 Å². The zero-order valence-corrected chi connectivity index (χ0v) is 12.1.